The molecule has 0 aliphatic heterocycles. The minimum atomic E-state index is 0.604. The number of furan rings is 1. The second-order valence-electron chi connectivity index (χ2n) is 4.64. The Morgan fingerprint density at radius 1 is 1.15 bits per heavy atom. The van der Waals surface area contributed by atoms with Gasteiger partial charge < -0.3 is 4.42 Å². The zero-order valence-electron chi connectivity index (χ0n) is 11.8. The standard InChI is InChI=1S/C15H16N4O/c1-4-19-15(12-8-7-10(2)16-11(12)3)17-14(18-19)13-6-5-9-20-13/h5-9H,4H2,1-3H3. The zero-order chi connectivity index (χ0) is 14.1. The molecule has 0 unspecified atom stereocenters. The summed E-state index contributed by atoms with van der Waals surface area (Å²) in [5.41, 5.74) is 2.96. The SMILES string of the molecule is CCn1nc(-c2ccco2)nc1-c1ccc(C)nc1C. The monoisotopic (exact) mass is 268 g/mol. The lowest BCUT2D eigenvalue weighted by molar-refractivity contribution is 0.574. The van der Waals surface area contributed by atoms with Crippen LogP contribution in [-0.2, 0) is 6.54 Å². The summed E-state index contributed by atoms with van der Waals surface area (Å²) in [6.45, 7) is 6.76. The van der Waals surface area contributed by atoms with E-state index < -0.39 is 0 Å². The maximum Gasteiger partial charge on any atom is 0.217 e. The van der Waals surface area contributed by atoms with Gasteiger partial charge in [-0.3, -0.25) is 4.98 Å². The van der Waals surface area contributed by atoms with Crippen molar-refractivity contribution in [3.05, 3.63) is 41.9 Å². The van der Waals surface area contributed by atoms with Crippen molar-refractivity contribution < 1.29 is 4.42 Å². The van der Waals surface area contributed by atoms with Crippen LogP contribution in [0.1, 0.15) is 18.3 Å². The molecule has 3 rings (SSSR count). The van der Waals surface area contributed by atoms with Crippen LogP contribution in [0.15, 0.2) is 34.9 Å². The Morgan fingerprint density at radius 3 is 2.65 bits per heavy atom. The van der Waals surface area contributed by atoms with E-state index in [-0.39, 0.29) is 0 Å². The first-order chi connectivity index (χ1) is 9.69. The Hall–Kier alpha value is -2.43. The van der Waals surface area contributed by atoms with Crippen molar-refractivity contribution in [2.24, 2.45) is 0 Å². The molecule has 0 aliphatic rings. The van der Waals surface area contributed by atoms with Gasteiger partial charge in [0.2, 0.25) is 5.82 Å². The first-order valence-corrected chi connectivity index (χ1v) is 6.62. The molecule has 0 bridgehead atoms. The van der Waals surface area contributed by atoms with Gasteiger partial charge in [-0.1, -0.05) is 0 Å². The van der Waals surface area contributed by atoms with Crippen molar-refractivity contribution in [2.75, 3.05) is 0 Å². The van der Waals surface area contributed by atoms with Gasteiger partial charge >= 0.3 is 0 Å². The fourth-order valence-corrected chi connectivity index (χ4v) is 2.19. The molecular formula is C15H16N4O. The molecule has 3 aromatic rings. The van der Waals surface area contributed by atoms with Crippen LogP contribution in [0.2, 0.25) is 0 Å². The molecule has 20 heavy (non-hydrogen) atoms. The molecular weight excluding hydrogens is 252 g/mol. The largest absolute Gasteiger partial charge is 0.461 e. The third-order valence-corrected chi connectivity index (χ3v) is 3.18. The van der Waals surface area contributed by atoms with Gasteiger partial charge in [-0.2, -0.15) is 0 Å². The summed E-state index contributed by atoms with van der Waals surface area (Å²) < 4.78 is 7.24. The summed E-state index contributed by atoms with van der Waals surface area (Å²) in [6.07, 6.45) is 1.63. The van der Waals surface area contributed by atoms with E-state index in [2.05, 4.69) is 15.1 Å². The predicted molar refractivity (Wildman–Crippen MR) is 76.1 cm³/mol. The lowest BCUT2D eigenvalue weighted by Gasteiger charge is -2.06. The molecule has 0 aromatic carbocycles. The molecule has 0 spiro atoms. The zero-order valence-corrected chi connectivity index (χ0v) is 11.8. The molecule has 5 heteroatoms. The molecule has 5 nitrogen and oxygen atoms in total. The molecule has 0 saturated heterocycles. The van der Waals surface area contributed by atoms with Gasteiger partial charge in [0.1, 0.15) is 0 Å². The van der Waals surface area contributed by atoms with Gasteiger partial charge in [0.05, 0.1) is 6.26 Å². The Balaban J connectivity index is 2.13. The van der Waals surface area contributed by atoms with E-state index in [4.69, 9.17) is 4.42 Å². The first-order valence-electron chi connectivity index (χ1n) is 6.62. The van der Waals surface area contributed by atoms with E-state index in [1.54, 1.807) is 6.26 Å². The summed E-state index contributed by atoms with van der Waals surface area (Å²) >= 11 is 0. The molecule has 0 radical (unpaired) electrons. The normalized spacial score (nSPS) is 10.9. The van der Waals surface area contributed by atoms with Crippen LogP contribution in [-0.4, -0.2) is 19.7 Å². The highest BCUT2D eigenvalue weighted by Crippen LogP contribution is 2.24. The highest BCUT2D eigenvalue weighted by atomic mass is 16.3. The summed E-state index contributed by atoms with van der Waals surface area (Å²) in [4.78, 5) is 9.10. The number of hydrogen-bond acceptors (Lipinski definition) is 4. The van der Waals surface area contributed by atoms with E-state index in [0.29, 0.717) is 11.6 Å². The minimum absolute atomic E-state index is 0.604. The molecule has 3 heterocycles. The van der Waals surface area contributed by atoms with Gasteiger partial charge in [0.25, 0.3) is 0 Å². The van der Waals surface area contributed by atoms with Crippen molar-refractivity contribution in [3.63, 3.8) is 0 Å². The van der Waals surface area contributed by atoms with Crippen LogP contribution >= 0.6 is 0 Å². The third kappa shape index (κ3) is 2.11. The number of hydrogen-bond donors (Lipinski definition) is 0. The maximum atomic E-state index is 5.36. The Morgan fingerprint density at radius 2 is 2.00 bits per heavy atom. The van der Waals surface area contributed by atoms with Gasteiger partial charge in [0, 0.05) is 23.5 Å². The van der Waals surface area contributed by atoms with Crippen molar-refractivity contribution in [1.29, 1.82) is 0 Å². The molecule has 0 N–H and O–H groups in total. The van der Waals surface area contributed by atoms with Crippen LogP contribution < -0.4 is 0 Å². The summed E-state index contributed by atoms with van der Waals surface area (Å²) in [7, 11) is 0. The fourth-order valence-electron chi connectivity index (χ4n) is 2.19. The van der Waals surface area contributed by atoms with Gasteiger partial charge in [0.15, 0.2) is 11.6 Å². The summed E-state index contributed by atoms with van der Waals surface area (Å²) in [5, 5.41) is 4.50. The van der Waals surface area contributed by atoms with Crippen LogP contribution in [0.3, 0.4) is 0 Å². The first kappa shape index (κ1) is 12.6. The predicted octanol–water partition coefficient (Wildman–Crippen LogP) is 3.24. The molecule has 3 aromatic heterocycles. The summed E-state index contributed by atoms with van der Waals surface area (Å²) in [5.74, 6) is 2.10. The van der Waals surface area contributed by atoms with Gasteiger partial charge in [-0.25, -0.2) is 9.67 Å². The van der Waals surface area contributed by atoms with Crippen LogP contribution in [0.25, 0.3) is 23.0 Å². The Kier molecular flexibility index (Phi) is 3.10. The smallest absolute Gasteiger partial charge is 0.217 e. The summed E-state index contributed by atoms with van der Waals surface area (Å²) in [6, 6.07) is 7.73. The Labute approximate surface area is 117 Å². The van der Waals surface area contributed by atoms with E-state index in [1.165, 1.54) is 0 Å². The molecule has 0 atom stereocenters. The molecule has 0 amide bonds. The molecule has 0 fully saturated rings. The third-order valence-electron chi connectivity index (χ3n) is 3.18. The molecule has 102 valence electrons. The van der Waals surface area contributed by atoms with Crippen molar-refractivity contribution >= 4 is 0 Å². The van der Waals surface area contributed by atoms with E-state index in [0.717, 1.165) is 29.3 Å². The quantitative estimate of drug-likeness (QED) is 0.731. The molecule has 0 aliphatic carbocycles. The second kappa shape index (κ2) is 4.92. The number of rotatable bonds is 3. The van der Waals surface area contributed by atoms with Crippen LogP contribution in [0.5, 0.6) is 0 Å². The number of aryl methyl sites for hydroxylation is 3. The van der Waals surface area contributed by atoms with Crippen molar-refractivity contribution in [3.8, 4) is 23.0 Å². The van der Waals surface area contributed by atoms with E-state index in [1.807, 2.05) is 49.7 Å². The van der Waals surface area contributed by atoms with E-state index >= 15 is 0 Å². The van der Waals surface area contributed by atoms with Crippen LogP contribution in [0.4, 0.5) is 0 Å². The minimum Gasteiger partial charge on any atom is -0.461 e. The number of pyridine rings is 1. The fraction of sp³-hybridized carbons (Fsp3) is 0.267. The topological polar surface area (TPSA) is 56.7 Å². The Bertz CT molecular complexity index is 728. The average molecular weight is 268 g/mol. The van der Waals surface area contributed by atoms with Gasteiger partial charge in [-0.15, -0.1) is 5.10 Å². The van der Waals surface area contributed by atoms with Gasteiger partial charge in [-0.05, 0) is 45.0 Å². The van der Waals surface area contributed by atoms with Crippen molar-refractivity contribution in [2.45, 2.75) is 27.3 Å². The highest BCUT2D eigenvalue weighted by Gasteiger charge is 2.16. The van der Waals surface area contributed by atoms with Crippen molar-refractivity contribution in [1.82, 2.24) is 19.7 Å². The maximum absolute atomic E-state index is 5.36. The molecule has 0 saturated carbocycles. The highest BCUT2D eigenvalue weighted by molar-refractivity contribution is 5.61. The average Bonchev–Trinajstić information content (AvgIpc) is 3.07. The number of nitrogens with zero attached hydrogens (tertiary/aromatic N) is 4. The van der Waals surface area contributed by atoms with E-state index in [9.17, 15) is 0 Å². The lowest BCUT2D eigenvalue weighted by atomic mass is 10.1. The lowest BCUT2D eigenvalue weighted by Crippen LogP contribution is -2.01. The second-order valence-corrected chi connectivity index (χ2v) is 4.64. The van der Waals surface area contributed by atoms with Crippen LogP contribution in [0, 0.1) is 13.8 Å². The number of aromatic nitrogens is 4.